The van der Waals surface area contributed by atoms with Crippen molar-refractivity contribution in [3.05, 3.63) is 27.7 Å². The maximum absolute atomic E-state index is 12.2. The molecular weight excluding hydrogens is 364 g/mol. The first kappa shape index (κ1) is 16.1. The Labute approximate surface area is 135 Å². The Morgan fingerprint density at radius 3 is 3.00 bits per heavy atom. The lowest BCUT2D eigenvalue weighted by Gasteiger charge is -2.32. The molecule has 1 aliphatic rings. The summed E-state index contributed by atoms with van der Waals surface area (Å²) in [6.45, 7) is 0.985. The summed E-state index contributed by atoms with van der Waals surface area (Å²) in [6, 6.07) is 4.78. The van der Waals surface area contributed by atoms with E-state index in [0.29, 0.717) is 23.9 Å². The Hall–Kier alpha value is -1.31. The van der Waals surface area contributed by atoms with E-state index in [1.807, 2.05) is 0 Å². The molecule has 114 valence electrons. The lowest BCUT2D eigenvalue weighted by molar-refractivity contribution is -0.141. The number of halogens is 2. The molecule has 6 nitrogen and oxygen atoms in total. The van der Waals surface area contributed by atoms with Crippen molar-refractivity contribution in [1.29, 1.82) is 0 Å². The molecule has 1 aliphatic heterocycles. The number of carboxylic acids is 1. The Morgan fingerprint density at radius 1 is 1.52 bits per heavy atom. The monoisotopic (exact) mass is 376 g/mol. The normalized spacial score (nSPS) is 18.4. The summed E-state index contributed by atoms with van der Waals surface area (Å²) in [5.74, 6) is -0.945. The van der Waals surface area contributed by atoms with Gasteiger partial charge in [0.2, 0.25) is 0 Å². The van der Waals surface area contributed by atoms with Crippen LogP contribution in [0.5, 0.6) is 0 Å². The van der Waals surface area contributed by atoms with Crippen molar-refractivity contribution in [3.8, 4) is 0 Å². The van der Waals surface area contributed by atoms with Gasteiger partial charge in [-0.2, -0.15) is 0 Å². The Bertz CT molecular complexity index is 555. The van der Waals surface area contributed by atoms with Crippen molar-refractivity contribution in [2.24, 2.45) is 0 Å². The molecule has 0 aromatic heterocycles. The van der Waals surface area contributed by atoms with Crippen LogP contribution < -0.4 is 5.32 Å². The van der Waals surface area contributed by atoms with E-state index in [9.17, 15) is 9.59 Å². The number of carboxylic acid groups (broad SMARTS) is 1. The van der Waals surface area contributed by atoms with Crippen LogP contribution in [0.3, 0.4) is 0 Å². The van der Waals surface area contributed by atoms with Crippen molar-refractivity contribution in [1.82, 2.24) is 4.90 Å². The molecule has 1 atom stereocenters. The molecule has 2 amide bonds. The van der Waals surface area contributed by atoms with Crippen molar-refractivity contribution < 1.29 is 19.4 Å². The Balaban J connectivity index is 1.99. The molecule has 1 fully saturated rings. The second-order valence-corrected chi connectivity index (χ2v) is 5.88. The summed E-state index contributed by atoms with van der Waals surface area (Å²) in [6.07, 6.45) is -0.602. The highest BCUT2D eigenvalue weighted by Crippen LogP contribution is 2.26. The summed E-state index contributed by atoms with van der Waals surface area (Å²) in [7, 11) is 0. The fourth-order valence-corrected chi connectivity index (χ4v) is 2.53. The van der Waals surface area contributed by atoms with Crippen LogP contribution >= 0.6 is 27.5 Å². The van der Waals surface area contributed by atoms with Crippen LogP contribution in [0.25, 0.3) is 0 Å². The van der Waals surface area contributed by atoms with Gasteiger partial charge in [-0.25, -0.2) is 4.79 Å². The standard InChI is InChI=1S/C13H14BrClN2O4/c14-10-2-1-8(15)5-11(10)16-13(20)17-3-4-21-9(7-17)6-12(18)19/h1-2,5,9H,3-4,6-7H2,(H,16,20)(H,18,19). The van der Waals surface area contributed by atoms with Gasteiger partial charge in [-0.05, 0) is 34.1 Å². The third-order valence-electron chi connectivity index (χ3n) is 3.00. The number of rotatable bonds is 3. The third-order valence-corrected chi connectivity index (χ3v) is 3.92. The molecule has 1 aromatic carbocycles. The van der Waals surface area contributed by atoms with Gasteiger partial charge in [0, 0.05) is 22.6 Å². The van der Waals surface area contributed by atoms with Crippen LogP contribution in [0.15, 0.2) is 22.7 Å². The molecule has 8 heteroatoms. The lowest BCUT2D eigenvalue weighted by Crippen LogP contribution is -2.47. The molecule has 1 saturated heterocycles. The third kappa shape index (κ3) is 4.59. The zero-order chi connectivity index (χ0) is 15.4. The molecular formula is C13H14BrClN2O4. The second kappa shape index (κ2) is 7.11. The van der Waals surface area contributed by atoms with E-state index in [-0.39, 0.29) is 19.0 Å². The van der Waals surface area contributed by atoms with Gasteiger partial charge < -0.3 is 20.1 Å². The van der Waals surface area contributed by atoms with Gasteiger partial charge in [0.05, 0.1) is 24.8 Å². The fraction of sp³-hybridized carbons (Fsp3) is 0.385. The van der Waals surface area contributed by atoms with E-state index in [1.165, 1.54) is 4.90 Å². The van der Waals surface area contributed by atoms with E-state index >= 15 is 0 Å². The lowest BCUT2D eigenvalue weighted by atomic mass is 10.2. The highest BCUT2D eigenvalue weighted by Gasteiger charge is 2.26. The SMILES string of the molecule is O=C(O)CC1CN(C(=O)Nc2cc(Cl)ccc2Br)CCO1. The number of carbonyl (C=O) groups is 2. The number of nitrogens with one attached hydrogen (secondary N) is 1. The fourth-order valence-electron chi connectivity index (χ4n) is 2.01. The number of carbonyl (C=O) groups excluding carboxylic acids is 1. The van der Waals surface area contributed by atoms with E-state index in [4.69, 9.17) is 21.4 Å². The van der Waals surface area contributed by atoms with Crippen molar-refractivity contribution in [2.45, 2.75) is 12.5 Å². The molecule has 0 aliphatic carbocycles. The Kier molecular flexibility index (Phi) is 5.44. The topological polar surface area (TPSA) is 78.9 Å². The molecule has 1 unspecified atom stereocenters. The largest absolute Gasteiger partial charge is 0.481 e. The molecule has 0 bridgehead atoms. The van der Waals surface area contributed by atoms with Crippen LogP contribution in [-0.2, 0) is 9.53 Å². The average Bonchev–Trinajstić information content (AvgIpc) is 2.42. The first-order valence-corrected chi connectivity index (χ1v) is 7.47. The van der Waals surface area contributed by atoms with Crippen molar-refractivity contribution in [2.75, 3.05) is 25.0 Å². The van der Waals surface area contributed by atoms with Crippen LogP contribution in [-0.4, -0.2) is 47.8 Å². The maximum atomic E-state index is 12.2. The number of hydrogen-bond donors (Lipinski definition) is 2. The average molecular weight is 378 g/mol. The van der Waals surface area contributed by atoms with Gasteiger partial charge in [0.15, 0.2) is 0 Å². The number of nitrogens with zero attached hydrogens (tertiary/aromatic N) is 1. The van der Waals surface area contributed by atoms with Gasteiger partial charge in [0.1, 0.15) is 0 Å². The van der Waals surface area contributed by atoms with E-state index in [0.717, 1.165) is 4.47 Å². The number of ether oxygens (including phenoxy) is 1. The maximum Gasteiger partial charge on any atom is 0.322 e. The summed E-state index contributed by atoms with van der Waals surface area (Å²) < 4.78 is 6.05. The van der Waals surface area contributed by atoms with Gasteiger partial charge in [-0.15, -0.1) is 0 Å². The van der Waals surface area contributed by atoms with Crippen LogP contribution in [0.2, 0.25) is 5.02 Å². The first-order valence-electron chi connectivity index (χ1n) is 6.30. The number of hydrogen-bond acceptors (Lipinski definition) is 3. The quantitative estimate of drug-likeness (QED) is 0.849. The number of morpholine rings is 1. The van der Waals surface area contributed by atoms with Crippen molar-refractivity contribution in [3.63, 3.8) is 0 Å². The minimum Gasteiger partial charge on any atom is -0.481 e. The summed E-state index contributed by atoms with van der Waals surface area (Å²) in [5.41, 5.74) is 0.564. The Morgan fingerprint density at radius 2 is 2.29 bits per heavy atom. The van der Waals surface area contributed by atoms with Gasteiger partial charge in [-0.1, -0.05) is 11.6 Å². The van der Waals surface area contributed by atoms with Gasteiger partial charge in [0.25, 0.3) is 0 Å². The van der Waals surface area contributed by atoms with E-state index < -0.39 is 12.1 Å². The number of amides is 2. The summed E-state index contributed by atoms with van der Waals surface area (Å²) >= 11 is 9.23. The molecule has 21 heavy (non-hydrogen) atoms. The van der Waals surface area contributed by atoms with E-state index in [1.54, 1.807) is 18.2 Å². The first-order chi connectivity index (χ1) is 9.95. The highest BCUT2D eigenvalue weighted by molar-refractivity contribution is 9.10. The van der Waals surface area contributed by atoms with Gasteiger partial charge >= 0.3 is 12.0 Å². The van der Waals surface area contributed by atoms with Crippen LogP contribution in [0, 0.1) is 0 Å². The number of anilines is 1. The summed E-state index contributed by atoms with van der Waals surface area (Å²) in [5, 5.41) is 12.0. The predicted molar refractivity (Wildman–Crippen MR) is 81.7 cm³/mol. The zero-order valence-corrected chi connectivity index (χ0v) is 13.4. The summed E-state index contributed by atoms with van der Waals surface area (Å²) in [4.78, 5) is 24.4. The highest BCUT2D eigenvalue weighted by atomic mass is 79.9. The molecule has 1 aromatic rings. The minimum absolute atomic E-state index is 0.120. The molecule has 1 heterocycles. The molecule has 0 radical (unpaired) electrons. The second-order valence-electron chi connectivity index (χ2n) is 4.59. The number of benzene rings is 1. The molecule has 2 rings (SSSR count). The zero-order valence-electron chi connectivity index (χ0n) is 11.0. The number of urea groups is 1. The van der Waals surface area contributed by atoms with Crippen LogP contribution in [0.1, 0.15) is 6.42 Å². The number of aliphatic carboxylic acids is 1. The van der Waals surface area contributed by atoms with Crippen LogP contribution in [0.4, 0.5) is 10.5 Å². The van der Waals surface area contributed by atoms with Crippen molar-refractivity contribution >= 4 is 45.2 Å². The van der Waals surface area contributed by atoms with Gasteiger partial charge in [-0.3, -0.25) is 4.79 Å². The smallest absolute Gasteiger partial charge is 0.322 e. The molecule has 0 spiro atoms. The van der Waals surface area contributed by atoms with E-state index in [2.05, 4.69) is 21.2 Å². The molecule has 2 N–H and O–H groups in total. The molecule has 0 saturated carbocycles. The predicted octanol–water partition coefficient (Wildman–Crippen LogP) is 2.81. The minimum atomic E-state index is -0.945.